The zero-order valence-corrected chi connectivity index (χ0v) is 15.9. The third-order valence-corrected chi connectivity index (χ3v) is 4.36. The maximum Gasteiger partial charge on any atom is 0.220 e. The van der Waals surface area contributed by atoms with E-state index in [0.29, 0.717) is 12.1 Å². The molecule has 1 atom stereocenters. The molecule has 0 saturated carbocycles. The van der Waals surface area contributed by atoms with Crippen LogP contribution in [-0.2, 0) is 4.79 Å². The van der Waals surface area contributed by atoms with Crippen molar-refractivity contribution >= 4 is 11.7 Å². The van der Waals surface area contributed by atoms with E-state index >= 15 is 0 Å². The van der Waals surface area contributed by atoms with Crippen LogP contribution in [0.2, 0.25) is 0 Å². The highest BCUT2D eigenvalue weighted by atomic mass is 19.1. The zero-order chi connectivity index (χ0) is 19.8. The van der Waals surface area contributed by atoms with Gasteiger partial charge in [-0.25, -0.2) is 4.39 Å². The molecule has 27 heavy (non-hydrogen) atoms. The van der Waals surface area contributed by atoms with Gasteiger partial charge in [0.15, 0.2) is 5.78 Å². The number of halogens is 1. The summed E-state index contributed by atoms with van der Waals surface area (Å²) in [6.45, 7) is 0.433. The Morgan fingerprint density at radius 2 is 1.67 bits per heavy atom. The van der Waals surface area contributed by atoms with Gasteiger partial charge in [0.05, 0.1) is 13.2 Å². The number of ether oxygens (including phenoxy) is 1. The van der Waals surface area contributed by atoms with Gasteiger partial charge in [0, 0.05) is 24.9 Å². The molecule has 2 rings (SSSR count). The van der Waals surface area contributed by atoms with Gasteiger partial charge in [-0.3, -0.25) is 9.59 Å². The molecule has 0 fully saturated rings. The van der Waals surface area contributed by atoms with Gasteiger partial charge in [-0.15, -0.1) is 0 Å². The molecule has 1 N–H and O–H groups in total. The van der Waals surface area contributed by atoms with E-state index in [2.05, 4.69) is 5.32 Å². The third-order valence-electron chi connectivity index (χ3n) is 4.36. The second kappa shape index (κ2) is 9.83. The number of hydrogen-bond donors (Lipinski definition) is 1. The van der Waals surface area contributed by atoms with Gasteiger partial charge in [0.2, 0.25) is 5.91 Å². The minimum Gasteiger partial charge on any atom is -0.497 e. The molecule has 1 amide bonds. The summed E-state index contributed by atoms with van der Waals surface area (Å²) in [6.07, 6.45) is 0.186. The van der Waals surface area contributed by atoms with Crippen LogP contribution in [0.4, 0.5) is 4.39 Å². The van der Waals surface area contributed by atoms with E-state index in [4.69, 9.17) is 4.74 Å². The Hall–Kier alpha value is -2.73. The summed E-state index contributed by atoms with van der Waals surface area (Å²) in [6, 6.07) is 13.1. The molecule has 144 valence electrons. The number of Topliss-reactive ketones (excluding diaryl/α,β-unsaturated/α-hetero) is 1. The van der Waals surface area contributed by atoms with Crippen molar-refractivity contribution in [2.24, 2.45) is 0 Å². The fraction of sp³-hybridized carbons (Fsp3) is 0.333. The topological polar surface area (TPSA) is 58.6 Å². The molecule has 1 unspecified atom stereocenters. The van der Waals surface area contributed by atoms with Crippen molar-refractivity contribution in [1.82, 2.24) is 10.2 Å². The van der Waals surface area contributed by atoms with Gasteiger partial charge in [-0.1, -0.05) is 12.1 Å². The molecule has 2 aromatic rings. The summed E-state index contributed by atoms with van der Waals surface area (Å²) in [4.78, 5) is 26.2. The van der Waals surface area contributed by atoms with Crippen molar-refractivity contribution in [3.63, 3.8) is 0 Å². The Labute approximate surface area is 159 Å². The van der Waals surface area contributed by atoms with Crippen molar-refractivity contribution in [1.29, 1.82) is 0 Å². The minimum atomic E-state index is -0.391. The van der Waals surface area contributed by atoms with Gasteiger partial charge in [0.25, 0.3) is 0 Å². The molecule has 6 heteroatoms. The summed E-state index contributed by atoms with van der Waals surface area (Å²) in [5, 5.41) is 2.88. The number of hydrogen-bond acceptors (Lipinski definition) is 4. The lowest BCUT2D eigenvalue weighted by atomic mass is 10.0. The number of ketones is 1. The molecule has 0 aromatic heterocycles. The Kier molecular flexibility index (Phi) is 7.49. The predicted octanol–water partition coefficient (Wildman–Crippen LogP) is 3.22. The van der Waals surface area contributed by atoms with Crippen molar-refractivity contribution in [2.45, 2.75) is 18.9 Å². The number of benzene rings is 2. The van der Waals surface area contributed by atoms with E-state index in [1.807, 2.05) is 43.3 Å². The lowest BCUT2D eigenvalue weighted by Gasteiger charge is -2.25. The molecular weight excluding hydrogens is 347 g/mol. The fourth-order valence-corrected chi connectivity index (χ4v) is 2.73. The van der Waals surface area contributed by atoms with Crippen LogP contribution in [0.5, 0.6) is 5.75 Å². The smallest absolute Gasteiger partial charge is 0.220 e. The second-order valence-electron chi connectivity index (χ2n) is 6.49. The van der Waals surface area contributed by atoms with Crippen molar-refractivity contribution in [3.8, 4) is 5.75 Å². The number of carbonyl (C=O) groups excluding carboxylic acids is 2. The molecule has 0 aliphatic rings. The van der Waals surface area contributed by atoms with Gasteiger partial charge in [0.1, 0.15) is 11.6 Å². The Bertz CT molecular complexity index is 758. The van der Waals surface area contributed by atoms with E-state index in [1.54, 1.807) is 7.11 Å². The van der Waals surface area contributed by atoms with Gasteiger partial charge < -0.3 is 15.0 Å². The first-order valence-corrected chi connectivity index (χ1v) is 8.76. The quantitative estimate of drug-likeness (QED) is 0.687. The minimum absolute atomic E-state index is 0.00709. The fourth-order valence-electron chi connectivity index (χ4n) is 2.73. The monoisotopic (exact) mass is 372 g/mol. The highest BCUT2D eigenvalue weighted by Crippen LogP contribution is 2.20. The molecule has 0 spiro atoms. The summed E-state index contributed by atoms with van der Waals surface area (Å²) < 4.78 is 18.1. The van der Waals surface area contributed by atoms with E-state index in [0.717, 1.165) is 11.3 Å². The molecule has 2 aromatic carbocycles. The van der Waals surface area contributed by atoms with E-state index in [1.165, 1.54) is 24.3 Å². The van der Waals surface area contributed by atoms with Crippen molar-refractivity contribution < 1.29 is 18.7 Å². The molecule has 0 aliphatic carbocycles. The summed E-state index contributed by atoms with van der Waals surface area (Å²) in [7, 11) is 5.50. The van der Waals surface area contributed by atoms with Gasteiger partial charge in [-0.05, 0) is 56.1 Å². The number of likely N-dealkylation sites (N-methyl/N-ethyl adjacent to an activating group) is 1. The van der Waals surface area contributed by atoms with Gasteiger partial charge in [-0.2, -0.15) is 0 Å². The highest BCUT2D eigenvalue weighted by molar-refractivity contribution is 5.97. The van der Waals surface area contributed by atoms with Crippen LogP contribution in [0.1, 0.15) is 34.8 Å². The predicted molar refractivity (Wildman–Crippen MR) is 102 cm³/mol. The van der Waals surface area contributed by atoms with Gasteiger partial charge >= 0.3 is 0 Å². The summed E-state index contributed by atoms with van der Waals surface area (Å²) in [5.74, 6) is 0.0208. The van der Waals surface area contributed by atoms with E-state index in [-0.39, 0.29) is 30.6 Å². The van der Waals surface area contributed by atoms with Crippen LogP contribution in [-0.4, -0.2) is 44.3 Å². The first kappa shape index (κ1) is 20.6. The Morgan fingerprint density at radius 3 is 2.22 bits per heavy atom. The van der Waals surface area contributed by atoms with Crippen LogP contribution < -0.4 is 10.1 Å². The third kappa shape index (κ3) is 6.18. The molecular formula is C21H25FN2O3. The van der Waals surface area contributed by atoms with Crippen LogP contribution in [0, 0.1) is 5.82 Å². The van der Waals surface area contributed by atoms with Crippen LogP contribution in [0.25, 0.3) is 0 Å². The SMILES string of the molecule is COc1ccc(C(CNC(=O)CCC(=O)c2ccc(F)cc2)N(C)C)cc1. The Morgan fingerprint density at radius 1 is 1.04 bits per heavy atom. The normalized spacial score (nSPS) is 11.9. The van der Waals surface area contributed by atoms with Crippen molar-refractivity contribution in [2.75, 3.05) is 27.7 Å². The van der Waals surface area contributed by atoms with E-state index in [9.17, 15) is 14.0 Å². The lowest BCUT2D eigenvalue weighted by molar-refractivity contribution is -0.121. The van der Waals surface area contributed by atoms with Crippen molar-refractivity contribution in [3.05, 3.63) is 65.5 Å². The number of methoxy groups -OCH3 is 1. The second-order valence-corrected chi connectivity index (χ2v) is 6.49. The molecule has 0 radical (unpaired) electrons. The first-order chi connectivity index (χ1) is 12.9. The molecule has 0 saturated heterocycles. The Balaban J connectivity index is 1.86. The molecule has 5 nitrogen and oxygen atoms in total. The molecule has 0 bridgehead atoms. The lowest BCUT2D eigenvalue weighted by Crippen LogP contribution is -2.34. The largest absolute Gasteiger partial charge is 0.497 e. The van der Waals surface area contributed by atoms with Crippen LogP contribution in [0.15, 0.2) is 48.5 Å². The number of nitrogens with zero attached hydrogens (tertiary/aromatic N) is 1. The summed E-state index contributed by atoms with van der Waals surface area (Å²) in [5.41, 5.74) is 1.47. The van der Waals surface area contributed by atoms with Crippen LogP contribution >= 0.6 is 0 Å². The first-order valence-electron chi connectivity index (χ1n) is 8.76. The highest BCUT2D eigenvalue weighted by Gasteiger charge is 2.16. The average molecular weight is 372 g/mol. The number of amides is 1. The standard InChI is InChI=1S/C21H25FN2O3/c1-24(2)19(15-6-10-18(27-3)11-7-15)14-23-21(26)13-12-20(25)16-4-8-17(22)9-5-16/h4-11,19H,12-14H2,1-3H3,(H,23,26). The number of nitrogens with one attached hydrogen (secondary N) is 1. The maximum atomic E-state index is 12.9. The number of carbonyl (C=O) groups is 2. The maximum absolute atomic E-state index is 12.9. The summed E-state index contributed by atoms with van der Waals surface area (Å²) >= 11 is 0. The molecule has 0 heterocycles. The zero-order valence-electron chi connectivity index (χ0n) is 15.9. The van der Waals surface area contributed by atoms with E-state index < -0.39 is 5.82 Å². The average Bonchev–Trinajstić information content (AvgIpc) is 2.67. The molecule has 0 aliphatic heterocycles. The number of rotatable bonds is 9. The van der Waals surface area contributed by atoms with Crippen LogP contribution in [0.3, 0.4) is 0 Å².